The van der Waals surface area contributed by atoms with Gasteiger partial charge in [0.15, 0.2) is 11.5 Å². The third-order valence-electron chi connectivity index (χ3n) is 2.39. The molecule has 6 heteroatoms. The molecule has 0 atom stereocenters. The number of aromatic nitrogens is 1. The molecule has 2 aromatic rings. The zero-order chi connectivity index (χ0) is 13.1. The maximum Gasteiger partial charge on any atom is 0.179 e. The minimum absolute atomic E-state index is 0.0719. The fourth-order valence-corrected chi connectivity index (χ4v) is 2.64. The monoisotopic (exact) mass is 285 g/mol. The van der Waals surface area contributed by atoms with E-state index in [0.717, 1.165) is 10.6 Å². The van der Waals surface area contributed by atoms with E-state index in [4.69, 9.17) is 26.2 Å². The number of benzene rings is 1. The summed E-state index contributed by atoms with van der Waals surface area (Å²) in [7, 11) is 3.09. The lowest BCUT2D eigenvalue weighted by molar-refractivity contribution is 0.278. The molecule has 0 saturated heterocycles. The van der Waals surface area contributed by atoms with E-state index in [9.17, 15) is 0 Å². The number of methoxy groups -OCH3 is 2. The normalized spacial score (nSPS) is 10.4. The summed E-state index contributed by atoms with van der Waals surface area (Å²) >= 11 is 7.57. The van der Waals surface area contributed by atoms with E-state index in [2.05, 4.69) is 4.98 Å². The van der Waals surface area contributed by atoms with E-state index in [-0.39, 0.29) is 6.61 Å². The summed E-state index contributed by atoms with van der Waals surface area (Å²) in [6.45, 7) is -0.0719. The van der Waals surface area contributed by atoms with Gasteiger partial charge in [0.1, 0.15) is 5.01 Å². The van der Waals surface area contributed by atoms with Crippen LogP contribution in [0.2, 0.25) is 5.02 Å². The van der Waals surface area contributed by atoms with Gasteiger partial charge in [0.2, 0.25) is 0 Å². The van der Waals surface area contributed by atoms with Crippen LogP contribution in [0.3, 0.4) is 0 Å². The van der Waals surface area contributed by atoms with E-state index in [0.29, 0.717) is 22.2 Å². The molecular weight excluding hydrogens is 274 g/mol. The molecule has 1 aromatic heterocycles. The van der Waals surface area contributed by atoms with Gasteiger partial charge in [0.25, 0.3) is 0 Å². The third kappa shape index (κ3) is 2.43. The highest BCUT2D eigenvalue weighted by Crippen LogP contribution is 2.39. The molecule has 0 radical (unpaired) electrons. The first-order valence-electron chi connectivity index (χ1n) is 5.16. The van der Waals surface area contributed by atoms with Gasteiger partial charge in [-0.05, 0) is 12.1 Å². The van der Waals surface area contributed by atoms with Crippen molar-refractivity contribution in [1.82, 2.24) is 4.98 Å². The lowest BCUT2D eigenvalue weighted by Crippen LogP contribution is -1.92. The fraction of sp³-hybridized carbons (Fsp3) is 0.250. The molecule has 0 spiro atoms. The van der Waals surface area contributed by atoms with Gasteiger partial charge in [-0.2, -0.15) is 0 Å². The van der Waals surface area contributed by atoms with Crippen LogP contribution in [0.25, 0.3) is 10.6 Å². The predicted octanol–water partition coefficient (Wildman–Crippen LogP) is 2.97. The lowest BCUT2D eigenvalue weighted by Gasteiger charge is -2.10. The van der Waals surface area contributed by atoms with Crippen molar-refractivity contribution in [3.05, 3.63) is 28.2 Å². The molecule has 1 heterocycles. The topological polar surface area (TPSA) is 51.6 Å². The van der Waals surface area contributed by atoms with Gasteiger partial charge in [-0.15, -0.1) is 11.3 Å². The van der Waals surface area contributed by atoms with Crippen LogP contribution in [0.15, 0.2) is 17.5 Å². The van der Waals surface area contributed by atoms with Crippen molar-refractivity contribution in [2.75, 3.05) is 14.2 Å². The number of thiazole rings is 1. The predicted molar refractivity (Wildman–Crippen MR) is 71.6 cm³/mol. The van der Waals surface area contributed by atoms with Gasteiger partial charge in [-0.1, -0.05) is 11.6 Å². The highest BCUT2D eigenvalue weighted by Gasteiger charge is 2.13. The highest BCUT2D eigenvalue weighted by molar-refractivity contribution is 7.13. The summed E-state index contributed by atoms with van der Waals surface area (Å²) in [6.07, 6.45) is 0. The summed E-state index contributed by atoms with van der Waals surface area (Å²) in [5.41, 5.74) is 1.48. The molecule has 96 valence electrons. The molecule has 1 N–H and O–H groups in total. The van der Waals surface area contributed by atoms with Crippen LogP contribution in [0, 0.1) is 0 Å². The molecule has 0 aliphatic carbocycles. The van der Waals surface area contributed by atoms with Gasteiger partial charge in [-0.3, -0.25) is 0 Å². The van der Waals surface area contributed by atoms with Crippen molar-refractivity contribution < 1.29 is 14.6 Å². The molecule has 4 nitrogen and oxygen atoms in total. The summed E-state index contributed by atoms with van der Waals surface area (Å²) in [4.78, 5) is 4.28. The highest BCUT2D eigenvalue weighted by atomic mass is 35.5. The Labute approximate surface area is 114 Å². The first kappa shape index (κ1) is 13.1. The van der Waals surface area contributed by atoms with Gasteiger partial charge in [-0.25, -0.2) is 4.98 Å². The maximum atomic E-state index is 9.01. The van der Waals surface area contributed by atoms with E-state index in [1.165, 1.54) is 18.4 Å². The second kappa shape index (κ2) is 5.56. The van der Waals surface area contributed by atoms with Crippen LogP contribution in [0.5, 0.6) is 11.5 Å². The van der Waals surface area contributed by atoms with Crippen molar-refractivity contribution in [1.29, 1.82) is 0 Å². The summed E-state index contributed by atoms with van der Waals surface area (Å²) in [5, 5.41) is 12.1. The molecule has 0 amide bonds. The lowest BCUT2D eigenvalue weighted by atomic mass is 10.2. The molecule has 0 aliphatic heterocycles. The molecule has 0 unspecified atom stereocenters. The van der Waals surface area contributed by atoms with Gasteiger partial charge in [0, 0.05) is 10.9 Å². The molecule has 0 bridgehead atoms. The zero-order valence-corrected chi connectivity index (χ0v) is 11.5. The Bertz CT molecular complexity index is 556. The number of aliphatic hydroxyl groups excluding tert-OH is 1. The van der Waals surface area contributed by atoms with Crippen molar-refractivity contribution in [2.45, 2.75) is 6.61 Å². The van der Waals surface area contributed by atoms with Gasteiger partial charge in [0.05, 0.1) is 31.5 Å². The smallest absolute Gasteiger partial charge is 0.179 e. The van der Waals surface area contributed by atoms with Gasteiger partial charge < -0.3 is 14.6 Å². The average molecular weight is 286 g/mol. The Morgan fingerprint density at radius 1 is 1.33 bits per heavy atom. The quantitative estimate of drug-likeness (QED) is 0.938. The number of hydrogen-bond donors (Lipinski definition) is 1. The van der Waals surface area contributed by atoms with Crippen LogP contribution in [0.4, 0.5) is 0 Å². The Balaban J connectivity index is 2.48. The Kier molecular flexibility index (Phi) is 4.06. The third-order valence-corrected chi connectivity index (χ3v) is 3.62. The van der Waals surface area contributed by atoms with E-state index >= 15 is 0 Å². The van der Waals surface area contributed by atoms with Crippen molar-refractivity contribution in [3.8, 4) is 22.1 Å². The number of aliphatic hydroxyl groups is 1. The van der Waals surface area contributed by atoms with E-state index in [1.807, 2.05) is 6.07 Å². The number of halogens is 1. The Hall–Kier alpha value is -1.30. The minimum Gasteiger partial charge on any atom is -0.493 e. The number of ether oxygens (including phenoxy) is 2. The largest absolute Gasteiger partial charge is 0.493 e. The van der Waals surface area contributed by atoms with Crippen molar-refractivity contribution in [2.24, 2.45) is 0 Å². The number of nitrogens with zero attached hydrogens (tertiary/aromatic N) is 1. The second-order valence-electron chi connectivity index (χ2n) is 3.50. The van der Waals surface area contributed by atoms with E-state index in [1.54, 1.807) is 18.6 Å². The van der Waals surface area contributed by atoms with E-state index < -0.39 is 0 Å². The Morgan fingerprint density at radius 3 is 2.67 bits per heavy atom. The first-order chi connectivity index (χ1) is 8.69. The molecule has 0 fully saturated rings. The zero-order valence-electron chi connectivity index (χ0n) is 9.94. The average Bonchev–Trinajstić information content (AvgIpc) is 2.86. The van der Waals surface area contributed by atoms with Crippen LogP contribution < -0.4 is 9.47 Å². The summed E-state index contributed by atoms with van der Waals surface area (Å²) < 4.78 is 10.4. The van der Waals surface area contributed by atoms with Crippen LogP contribution in [0.1, 0.15) is 5.69 Å². The van der Waals surface area contributed by atoms with Crippen LogP contribution >= 0.6 is 22.9 Å². The van der Waals surface area contributed by atoms with Crippen LogP contribution in [-0.4, -0.2) is 24.3 Å². The SMILES string of the molecule is COc1cc(-c2nc(CO)cs2)cc(Cl)c1OC. The number of rotatable bonds is 4. The van der Waals surface area contributed by atoms with Crippen LogP contribution in [-0.2, 0) is 6.61 Å². The summed E-state index contributed by atoms with van der Waals surface area (Å²) in [6, 6.07) is 3.58. The van der Waals surface area contributed by atoms with Gasteiger partial charge >= 0.3 is 0 Å². The minimum atomic E-state index is -0.0719. The fourth-order valence-electron chi connectivity index (χ4n) is 1.55. The molecule has 0 aliphatic rings. The van der Waals surface area contributed by atoms with Crippen molar-refractivity contribution in [3.63, 3.8) is 0 Å². The summed E-state index contributed by atoms with van der Waals surface area (Å²) in [5.74, 6) is 1.06. The maximum absolute atomic E-state index is 9.01. The number of hydrogen-bond acceptors (Lipinski definition) is 5. The molecule has 0 saturated carbocycles. The molecule has 18 heavy (non-hydrogen) atoms. The first-order valence-corrected chi connectivity index (χ1v) is 6.42. The molecular formula is C12H12ClNO3S. The molecule has 2 rings (SSSR count). The second-order valence-corrected chi connectivity index (χ2v) is 4.76. The standard InChI is InChI=1S/C12H12ClNO3S/c1-16-10-4-7(3-9(13)11(10)17-2)12-14-8(5-15)6-18-12/h3-4,6,15H,5H2,1-2H3. The Morgan fingerprint density at radius 2 is 2.11 bits per heavy atom. The van der Waals surface area contributed by atoms with Crippen molar-refractivity contribution >= 4 is 22.9 Å². The molecule has 1 aromatic carbocycles.